The summed E-state index contributed by atoms with van der Waals surface area (Å²) in [5.74, 6) is 2.19. The van der Waals surface area contributed by atoms with E-state index in [2.05, 4.69) is 29.7 Å². The van der Waals surface area contributed by atoms with E-state index in [1.54, 1.807) is 12.4 Å². The van der Waals surface area contributed by atoms with Crippen LogP contribution in [0.25, 0.3) is 0 Å². The first-order chi connectivity index (χ1) is 11.8. The van der Waals surface area contributed by atoms with Crippen molar-refractivity contribution in [1.29, 1.82) is 0 Å². The highest BCUT2D eigenvalue weighted by Gasteiger charge is 2.34. The van der Waals surface area contributed by atoms with E-state index in [0.717, 1.165) is 44.7 Å². The molecule has 2 aliphatic heterocycles. The second-order valence-corrected chi connectivity index (χ2v) is 7.10. The van der Waals surface area contributed by atoms with Crippen LogP contribution in [0.4, 0.5) is 5.95 Å². The highest BCUT2D eigenvalue weighted by molar-refractivity contribution is 14.0. The molecule has 1 aromatic heterocycles. The van der Waals surface area contributed by atoms with Crippen LogP contribution in [0, 0.1) is 5.92 Å². The number of hydrogen-bond donors (Lipinski definition) is 1. The first-order valence-electron chi connectivity index (χ1n) is 9.10. The van der Waals surface area contributed by atoms with Crippen molar-refractivity contribution in [1.82, 2.24) is 19.8 Å². The zero-order chi connectivity index (χ0) is 16.4. The van der Waals surface area contributed by atoms with Gasteiger partial charge in [0.25, 0.3) is 0 Å². The van der Waals surface area contributed by atoms with E-state index in [1.165, 1.54) is 32.4 Å². The van der Waals surface area contributed by atoms with Gasteiger partial charge in [-0.05, 0) is 37.8 Å². The van der Waals surface area contributed by atoms with Gasteiger partial charge < -0.3 is 20.4 Å². The Kier molecular flexibility index (Phi) is 6.32. The van der Waals surface area contributed by atoms with Gasteiger partial charge in [0.05, 0.1) is 0 Å². The molecular weight excluding hydrogens is 429 g/mol. The molecule has 1 aliphatic carbocycles. The molecule has 2 N–H and O–H groups in total. The summed E-state index contributed by atoms with van der Waals surface area (Å²) in [5, 5.41) is 0. The molecule has 3 aliphatic rings. The number of guanidine groups is 1. The van der Waals surface area contributed by atoms with E-state index >= 15 is 0 Å². The fraction of sp³-hybridized carbons (Fsp3) is 0.706. The molecule has 25 heavy (non-hydrogen) atoms. The van der Waals surface area contributed by atoms with Crippen molar-refractivity contribution in [2.75, 3.05) is 50.7 Å². The summed E-state index contributed by atoms with van der Waals surface area (Å²) in [6.07, 6.45) is 7.64. The van der Waals surface area contributed by atoms with Crippen molar-refractivity contribution in [3.63, 3.8) is 0 Å². The summed E-state index contributed by atoms with van der Waals surface area (Å²) in [7, 11) is 0. The normalized spacial score (nSPS) is 25.1. The number of rotatable bonds is 4. The minimum absolute atomic E-state index is 0. The van der Waals surface area contributed by atoms with Crippen LogP contribution in [0.5, 0.6) is 0 Å². The molecule has 7 nitrogen and oxygen atoms in total. The third kappa shape index (κ3) is 4.72. The summed E-state index contributed by atoms with van der Waals surface area (Å²) in [5.41, 5.74) is 6.23. The molecule has 0 spiro atoms. The number of likely N-dealkylation sites (tertiary alicyclic amines) is 1. The second-order valence-electron chi connectivity index (χ2n) is 7.10. The van der Waals surface area contributed by atoms with Crippen LogP contribution in [0.15, 0.2) is 23.5 Å². The molecule has 1 unspecified atom stereocenters. The van der Waals surface area contributed by atoms with Crippen LogP contribution in [0.3, 0.4) is 0 Å². The standard InChI is InChI=1S/C17H27N7.HI/c18-16(21-12-14-4-7-24(13-14)15-2-3-15)22-8-10-23(11-9-22)17-19-5-1-6-20-17;/h1,5-6,14-15H,2-4,7-13H2,(H2,18,21);1H. The van der Waals surface area contributed by atoms with Crippen molar-refractivity contribution >= 4 is 35.9 Å². The van der Waals surface area contributed by atoms with Crippen LogP contribution in [-0.2, 0) is 0 Å². The molecule has 0 radical (unpaired) electrons. The van der Waals surface area contributed by atoms with Crippen LogP contribution in [0.1, 0.15) is 19.3 Å². The molecular formula is C17H28IN7. The number of piperazine rings is 1. The number of aromatic nitrogens is 2. The summed E-state index contributed by atoms with van der Waals surface area (Å²) in [6, 6.07) is 2.72. The van der Waals surface area contributed by atoms with Gasteiger partial charge in [0.1, 0.15) is 0 Å². The number of aliphatic imine (C=N–C) groups is 1. The second kappa shape index (κ2) is 8.48. The molecule has 138 valence electrons. The Labute approximate surface area is 166 Å². The quantitative estimate of drug-likeness (QED) is 0.414. The lowest BCUT2D eigenvalue weighted by Gasteiger charge is -2.35. The van der Waals surface area contributed by atoms with Crippen LogP contribution < -0.4 is 10.6 Å². The van der Waals surface area contributed by atoms with Gasteiger partial charge >= 0.3 is 0 Å². The fourth-order valence-electron chi connectivity index (χ4n) is 3.70. The lowest BCUT2D eigenvalue weighted by Crippen LogP contribution is -2.51. The third-order valence-corrected chi connectivity index (χ3v) is 5.33. The van der Waals surface area contributed by atoms with Crippen molar-refractivity contribution < 1.29 is 0 Å². The Hall–Kier alpha value is -1.16. The largest absolute Gasteiger partial charge is 0.370 e. The predicted octanol–water partition coefficient (Wildman–Crippen LogP) is 1.02. The Bertz CT molecular complexity index is 570. The van der Waals surface area contributed by atoms with Gasteiger partial charge in [-0.25, -0.2) is 9.97 Å². The Morgan fingerprint density at radius 1 is 1.08 bits per heavy atom. The first-order valence-corrected chi connectivity index (χ1v) is 9.10. The maximum atomic E-state index is 6.23. The van der Waals surface area contributed by atoms with E-state index in [4.69, 9.17) is 5.73 Å². The molecule has 1 atom stereocenters. The van der Waals surface area contributed by atoms with Gasteiger partial charge in [-0.1, -0.05) is 0 Å². The molecule has 2 saturated heterocycles. The number of nitrogens with two attached hydrogens (primary N) is 1. The zero-order valence-electron chi connectivity index (χ0n) is 14.6. The molecule has 0 amide bonds. The first kappa shape index (κ1) is 18.6. The van der Waals surface area contributed by atoms with Gasteiger partial charge in [-0.2, -0.15) is 0 Å². The number of hydrogen-bond acceptors (Lipinski definition) is 5. The van der Waals surface area contributed by atoms with Crippen molar-refractivity contribution in [2.24, 2.45) is 16.6 Å². The topological polar surface area (TPSA) is 73.9 Å². The molecule has 0 aromatic carbocycles. The maximum absolute atomic E-state index is 6.23. The molecule has 4 rings (SSSR count). The number of anilines is 1. The summed E-state index contributed by atoms with van der Waals surface area (Å²) in [4.78, 5) is 20.3. The van der Waals surface area contributed by atoms with Crippen LogP contribution in [0.2, 0.25) is 0 Å². The summed E-state index contributed by atoms with van der Waals surface area (Å²) in [6.45, 7) is 6.87. The van der Waals surface area contributed by atoms with Gasteiger partial charge in [0.15, 0.2) is 5.96 Å². The van der Waals surface area contributed by atoms with Crippen molar-refractivity contribution in [3.05, 3.63) is 18.5 Å². The van der Waals surface area contributed by atoms with E-state index in [0.29, 0.717) is 11.9 Å². The summed E-state index contributed by atoms with van der Waals surface area (Å²) >= 11 is 0. The van der Waals surface area contributed by atoms with Gasteiger partial charge in [-0.3, -0.25) is 4.99 Å². The zero-order valence-corrected chi connectivity index (χ0v) is 17.0. The lowest BCUT2D eigenvalue weighted by molar-refractivity contribution is 0.315. The van der Waals surface area contributed by atoms with Gasteiger partial charge in [0.2, 0.25) is 5.95 Å². The van der Waals surface area contributed by atoms with Gasteiger partial charge in [0, 0.05) is 57.7 Å². The fourth-order valence-corrected chi connectivity index (χ4v) is 3.70. The molecule has 1 aromatic rings. The Morgan fingerprint density at radius 2 is 1.80 bits per heavy atom. The van der Waals surface area contributed by atoms with Crippen LogP contribution in [-0.4, -0.2) is 77.6 Å². The average molecular weight is 457 g/mol. The van der Waals surface area contributed by atoms with Crippen LogP contribution >= 0.6 is 24.0 Å². The number of nitrogens with zero attached hydrogens (tertiary/aromatic N) is 6. The van der Waals surface area contributed by atoms with Gasteiger partial charge in [-0.15, -0.1) is 24.0 Å². The summed E-state index contributed by atoms with van der Waals surface area (Å²) < 4.78 is 0. The smallest absolute Gasteiger partial charge is 0.225 e. The van der Waals surface area contributed by atoms with Crippen molar-refractivity contribution in [3.8, 4) is 0 Å². The molecule has 3 fully saturated rings. The van der Waals surface area contributed by atoms with E-state index in [1.807, 2.05) is 6.07 Å². The average Bonchev–Trinajstić information content (AvgIpc) is 3.39. The molecule has 8 heteroatoms. The monoisotopic (exact) mass is 457 g/mol. The molecule has 3 heterocycles. The number of halogens is 1. The molecule has 1 saturated carbocycles. The van der Waals surface area contributed by atoms with E-state index in [9.17, 15) is 0 Å². The highest BCUT2D eigenvalue weighted by Crippen LogP contribution is 2.31. The minimum atomic E-state index is 0. The highest BCUT2D eigenvalue weighted by atomic mass is 127. The van der Waals surface area contributed by atoms with E-state index < -0.39 is 0 Å². The lowest BCUT2D eigenvalue weighted by atomic mass is 10.1. The third-order valence-electron chi connectivity index (χ3n) is 5.33. The maximum Gasteiger partial charge on any atom is 0.225 e. The van der Waals surface area contributed by atoms with Crippen molar-refractivity contribution in [2.45, 2.75) is 25.3 Å². The van der Waals surface area contributed by atoms with E-state index in [-0.39, 0.29) is 24.0 Å². The predicted molar refractivity (Wildman–Crippen MR) is 110 cm³/mol. The molecule has 0 bridgehead atoms. The SMILES string of the molecule is I.NC(=NCC1CCN(C2CC2)C1)N1CCN(c2ncccn2)CC1. The Morgan fingerprint density at radius 3 is 2.48 bits per heavy atom. The minimum Gasteiger partial charge on any atom is -0.370 e. The Balaban J connectivity index is 0.00000182.